The predicted molar refractivity (Wildman–Crippen MR) is 136 cm³/mol. The number of hydrogen-bond donors (Lipinski definition) is 1. The van der Waals surface area contributed by atoms with Gasteiger partial charge in [0.2, 0.25) is 5.95 Å². The summed E-state index contributed by atoms with van der Waals surface area (Å²) in [6.07, 6.45) is 0. The molecule has 0 saturated carbocycles. The number of aromatic nitrogens is 3. The lowest BCUT2D eigenvalue weighted by Crippen LogP contribution is -2.18. The highest BCUT2D eigenvalue weighted by molar-refractivity contribution is 6.36. The van der Waals surface area contributed by atoms with Gasteiger partial charge in [0, 0.05) is 36.9 Å². The summed E-state index contributed by atoms with van der Waals surface area (Å²) in [5.41, 5.74) is 3.15. The third-order valence-corrected chi connectivity index (χ3v) is 5.76. The molecule has 1 aromatic heterocycles. The van der Waals surface area contributed by atoms with Crippen molar-refractivity contribution in [2.24, 2.45) is 0 Å². The lowest BCUT2D eigenvalue weighted by atomic mass is 10.2. The second-order valence-corrected chi connectivity index (χ2v) is 8.59. The smallest absolute Gasteiger partial charge is 0.282 e. The van der Waals surface area contributed by atoms with Gasteiger partial charge >= 0.3 is 0 Å². The molecule has 0 unspecified atom stereocenters. The van der Waals surface area contributed by atoms with E-state index in [0.29, 0.717) is 29.1 Å². The van der Waals surface area contributed by atoms with Crippen LogP contribution in [0, 0.1) is 0 Å². The lowest BCUT2D eigenvalue weighted by molar-refractivity contribution is 0.0947. The van der Waals surface area contributed by atoms with Gasteiger partial charge in [0.1, 0.15) is 5.75 Å². The maximum Gasteiger partial charge on any atom is 0.282 e. The van der Waals surface area contributed by atoms with Gasteiger partial charge in [0.15, 0.2) is 5.82 Å². The first-order valence-corrected chi connectivity index (χ1v) is 11.2. The second-order valence-electron chi connectivity index (χ2n) is 7.74. The normalized spacial score (nSPS) is 10.7. The minimum absolute atomic E-state index is 0.240. The average molecular weight is 496 g/mol. The van der Waals surface area contributed by atoms with Crippen molar-refractivity contribution in [2.75, 3.05) is 31.4 Å². The summed E-state index contributed by atoms with van der Waals surface area (Å²) in [6.45, 7) is 0.454. The first kappa shape index (κ1) is 23.6. The van der Waals surface area contributed by atoms with E-state index in [2.05, 4.69) is 15.4 Å². The largest absolute Gasteiger partial charge is 0.497 e. The molecule has 174 valence electrons. The number of carbonyl (C=O) groups excluding carboxylic acids is 1. The van der Waals surface area contributed by atoms with E-state index in [-0.39, 0.29) is 10.6 Å². The number of hydrogen-bond acceptors (Lipinski definition) is 6. The molecule has 1 heterocycles. The number of methoxy groups -OCH3 is 1. The summed E-state index contributed by atoms with van der Waals surface area (Å²) >= 11 is 12.3. The molecule has 4 aromatic rings. The van der Waals surface area contributed by atoms with Crippen LogP contribution in [0.25, 0.3) is 11.4 Å². The number of nitrogens with one attached hydrogen (secondary N) is 1. The Hall–Kier alpha value is -3.55. The molecule has 7 nitrogen and oxygen atoms in total. The van der Waals surface area contributed by atoms with Crippen LogP contribution in [0.4, 0.5) is 11.6 Å². The third-order valence-electron chi connectivity index (χ3n) is 5.21. The van der Waals surface area contributed by atoms with Gasteiger partial charge in [-0.05, 0) is 60.2 Å². The van der Waals surface area contributed by atoms with Gasteiger partial charge in [0.25, 0.3) is 5.91 Å². The fraction of sp³-hybridized carbons (Fsp3) is 0.160. The van der Waals surface area contributed by atoms with Crippen LogP contribution < -0.4 is 15.0 Å². The van der Waals surface area contributed by atoms with E-state index in [9.17, 15) is 4.79 Å². The van der Waals surface area contributed by atoms with Crippen molar-refractivity contribution < 1.29 is 9.53 Å². The Labute approximate surface area is 207 Å². The Kier molecular flexibility index (Phi) is 7.05. The highest BCUT2D eigenvalue weighted by Crippen LogP contribution is 2.25. The second kappa shape index (κ2) is 10.2. The molecule has 0 bridgehead atoms. The molecule has 0 amide bonds. The SMILES string of the molecule is COc1ccc(-c2nc(NCc3ccc(N(C)C)cc3)n(C(=O)c3ccc(Cl)cc3Cl)n2)cc1. The number of carbonyl (C=O) groups is 1. The fourth-order valence-electron chi connectivity index (χ4n) is 3.30. The van der Waals surface area contributed by atoms with Crippen molar-refractivity contribution in [2.45, 2.75) is 6.54 Å². The average Bonchev–Trinajstić information content (AvgIpc) is 3.27. The summed E-state index contributed by atoms with van der Waals surface area (Å²) in [7, 11) is 5.58. The Balaban J connectivity index is 1.67. The molecule has 0 aliphatic rings. The molecule has 0 aliphatic carbocycles. The van der Waals surface area contributed by atoms with Crippen LogP contribution in [0.1, 0.15) is 15.9 Å². The monoisotopic (exact) mass is 495 g/mol. The van der Waals surface area contributed by atoms with E-state index in [1.165, 1.54) is 10.7 Å². The molecule has 34 heavy (non-hydrogen) atoms. The van der Waals surface area contributed by atoms with Gasteiger partial charge in [0.05, 0.1) is 17.7 Å². The number of benzene rings is 3. The van der Waals surface area contributed by atoms with Gasteiger partial charge < -0.3 is 15.0 Å². The molecule has 0 saturated heterocycles. The Morgan fingerprint density at radius 1 is 1.03 bits per heavy atom. The van der Waals surface area contributed by atoms with E-state index < -0.39 is 5.91 Å². The Bertz CT molecular complexity index is 1300. The number of ether oxygens (including phenoxy) is 1. The van der Waals surface area contributed by atoms with Crippen molar-refractivity contribution in [3.05, 3.63) is 87.9 Å². The zero-order valence-electron chi connectivity index (χ0n) is 18.9. The molecule has 0 radical (unpaired) electrons. The quantitative estimate of drug-likeness (QED) is 0.358. The minimum atomic E-state index is -0.417. The highest BCUT2D eigenvalue weighted by Gasteiger charge is 2.21. The van der Waals surface area contributed by atoms with Crippen molar-refractivity contribution >= 4 is 40.7 Å². The number of nitrogens with zero attached hydrogens (tertiary/aromatic N) is 4. The molecule has 0 aliphatic heterocycles. The molecule has 9 heteroatoms. The van der Waals surface area contributed by atoms with Gasteiger partial charge in [-0.3, -0.25) is 4.79 Å². The zero-order chi connectivity index (χ0) is 24.2. The highest BCUT2D eigenvalue weighted by atomic mass is 35.5. The summed E-state index contributed by atoms with van der Waals surface area (Å²) < 4.78 is 6.45. The van der Waals surface area contributed by atoms with Crippen LogP contribution in [0.2, 0.25) is 10.0 Å². The van der Waals surface area contributed by atoms with Crippen LogP contribution in [-0.2, 0) is 6.54 Å². The fourth-order valence-corrected chi connectivity index (χ4v) is 3.79. The zero-order valence-corrected chi connectivity index (χ0v) is 20.4. The minimum Gasteiger partial charge on any atom is -0.497 e. The summed E-state index contributed by atoms with van der Waals surface area (Å²) in [5.74, 6) is 0.996. The predicted octanol–water partition coefficient (Wildman–Crippen LogP) is 5.63. The number of halogens is 2. The van der Waals surface area contributed by atoms with Crippen molar-refractivity contribution in [1.82, 2.24) is 14.8 Å². The van der Waals surface area contributed by atoms with Gasteiger partial charge in [-0.2, -0.15) is 9.67 Å². The van der Waals surface area contributed by atoms with Crippen LogP contribution in [0.5, 0.6) is 5.75 Å². The van der Waals surface area contributed by atoms with E-state index in [1.54, 1.807) is 19.2 Å². The molecular formula is C25H23Cl2N5O2. The molecule has 4 rings (SSSR count). The third kappa shape index (κ3) is 5.16. The van der Waals surface area contributed by atoms with Crippen LogP contribution >= 0.6 is 23.2 Å². The van der Waals surface area contributed by atoms with E-state index >= 15 is 0 Å². The van der Waals surface area contributed by atoms with Crippen LogP contribution in [0.15, 0.2) is 66.7 Å². The van der Waals surface area contributed by atoms with Crippen molar-refractivity contribution in [1.29, 1.82) is 0 Å². The molecule has 0 spiro atoms. The molecular weight excluding hydrogens is 473 g/mol. The van der Waals surface area contributed by atoms with Crippen LogP contribution in [-0.4, -0.2) is 41.9 Å². The first-order chi connectivity index (χ1) is 16.4. The molecule has 1 N–H and O–H groups in total. The van der Waals surface area contributed by atoms with Gasteiger partial charge in [-0.15, -0.1) is 5.10 Å². The maximum absolute atomic E-state index is 13.3. The molecule has 3 aromatic carbocycles. The molecule has 0 fully saturated rings. The standard InChI is InChI=1S/C25H23Cl2N5O2/c1-31(2)19-9-4-16(5-10-19)15-28-25-29-23(17-6-11-20(34-3)12-7-17)30-32(25)24(33)21-13-8-18(26)14-22(21)27/h4-14H,15H2,1-3H3,(H,28,29,30). The van der Waals surface area contributed by atoms with E-state index in [1.807, 2.05) is 67.5 Å². The van der Waals surface area contributed by atoms with Gasteiger partial charge in [-0.1, -0.05) is 35.3 Å². The Morgan fingerprint density at radius 2 is 1.74 bits per heavy atom. The van der Waals surface area contributed by atoms with Crippen molar-refractivity contribution in [3.8, 4) is 17.1 Å². The first-order valence-electron chi connectivity index (χ1n) is 10.5. The molecule has 0 atom stereocenters. The van der Waals surface area contributed by atoms with E-state index in [0.717, 1.165) is 16.8 Å². The maximum atomic E-state index is 13.3. The number of rotatable bonds is 7. The van der Waals surface area contributed by atoms with Crippen molar-refractivity contribution in [3.63, 3.8) is 0 Å². The topological polar surface area (TPSA) is 72.3 Å². The van der Waals surface area contributed by atoms with Crippen LogP contribution in [0.3, 0.4) is 0 Å². The summed E-state index contributed by atoms with van der Waals surface area (Å²) in [4.78, 5) is 20.0. The van der Waals surface area contributed by atoms with E-state index in [4.69, 9.17) is 27.9 Å². The Morgan fingerprint density at radius 3 is 2.35 bits per heavy atom. The lowest BCUT2D eigenvalue weighted by Gasteiger charge is -2.13. The van der Waals surface area contributed by atoms with Gasteiger partial charge in [-0.25, -0.2) is 0 Å². The summed E-state index contributed by atoms with van der Waals surface area (Å²) in [6, 6.07) is 20.1. The summed E-state index contributed by atoms with van der Waals surface area (Å²) in [5, 5.41) is 8.40. The number of anilines is 2.